The van der Waals surface area contributed by atoms with Crippen LogP contribution < -0.4 is 0 Å². The Bertz CT molecular complexity index is 291. The molecular weight excluding hydrogens is 196 g/mol. The maximum atomic E-state index is 4.55. The quantitative estimate of drug-likeness (QED) is 0.678. The van der Waals surface area contributed by atoms with Crippen LogP contribution in [0.5, 0.6) is 0 Å². The maximum absolute atomic E-state index is 4.55. The van der Waals surface area contributed by atoms with Crippen LogP contribution in [0.3, 0.4) is 0 Å². The lowest BCUT2D eigenvalue weighted by atomic mass is 9.90. The molecule has 1 aromatic rings. The zero-order valence-electron chi connectivity index (χ0n) is 11.2. The highest BCUT2D eigenvalue weighted by molar-refractivity contribution is 5.06. The number of aromatic nitrogens is 2. The third-order valence-corrected chi connectivity index (χ3v) is 3.49. The summed E-state index contributed by atoms with van der Waals surface area (Å²) >= 11 is 0. The number of nitrogens with zero attached hydrogens (tertiary/aromatic N) is 2. The van der Waals surface area contributed by atoms with E-state index in [9.17, 15) is 0 Å². The van der Waals surface area contributed by atoms with Crippen LogP contribution in [-0.2, 0) is 7.05 Å². The molecule has 0 aliphatic heterocycles. The highest BCUT2D eigenvalue weighted by atomic mass is 15.2. The second-order valence-electron chi connectivity index (χ2n) is 4.99. The molecule has 0 bridgehead atoms. The Kier molecular flexibility index (Phi) is 5.58. The van der Waals surface area contributed by atoms with Gasteiger partial charge in [-0.05, 0) is 24.8 Å². The monoisotopic (exact) mass is 222 g/mol. The first-order valence-electron chi connectivity index (χ1n) is 6.66. The first-order chi connectivity index (χ1) is 7.67. The van der Waals surface area contributed by atoms with Crippen LogP contribution in [0.25, 0.3) is 0 Å². The van der Waals surface area contributed by atoms with Gasteiger partial charge in [0.25, 0.3) is 0 Å². The summed E-state index contributed by atoms with van der Waals surface area (Å²) < 4.78 is 1.92. The Morgan fingerprint density at radius 3 is 2.50 bits per heavy atom. The van der Waals surface area contributed by atoms with Crippen molar-refractivity contribution >= 4 is 0 Å². The van der Waals surface area contributed by atoms with Gasteiger partial charge < -0.3 is 0 Å². The topological polar surface area (TPSA) is 17.8 Å². The summed E-state index contributed by atoms with van der Waals surface area (Å²) in [7, 11) is 2.00. The van der Waals surface area contributed by atoms with Crippen molar-refractivity contribution in [3.8, 4) is 0 Å². The van der Waals surface area contributed by atoms with Gasteiger partial charge in [-0.15, -0.1) is 0 Å². The van der Waals surface area contributed by atoms with Crippen molar-refractivity contribution in [1.82, 2.24) is 9.78 Å². The molecule has 0 spiro atoms. The predicted molar refractivity (Wildman–Crippen MR) is 69.5 cm³/mol. The van der Waals surface area contributed by atoms with Crippen LogP contribution in [0.2, 0.25) is 0 Å². The first kappa shape index (κ1) is 13.3. The molecule has 0 saturated heterocycles. The Morgan fingerprint density at radius 1 is 1.25 bits per heavy atom. The van der Waals surface area contributed by atoms with Gasteiger partial charge in [0.2, 0.25) is 0 Å². The Morgan fingerprint density at radius 2 is 2.00 bits per heavy atom. The second-order valence-corrected chi connectivity index (χ2v) is 4.99. The van der Waals surface area contributed by atoms with Crippen molar-refractivity contribution in [3.63, 3.8) is 0 Å². The zero-order chi connectivity index (χ0) is 12.0. The number of hydrogen-bond acceptors (Lipinski definition) is 1. The summed E-state index contributed by atoms with van der Waals surface area (Å²) in [5.41, 5.74) is 1.28. The minimum Gasteiger partial charge on any atom is -0.276 e. The van der Waals surface area contributed by atoms with E-state index in [-0.39, 0.29) is 0 Å². The average Bonchev–Trinajstić information content (AvgIpc) is 2.70. The number of rotatable bonds is 7. The fraction of sp³-hybridized carbons (Fsp3) is 0.786. The van der Waals surface area contributed by atoms with Crippen LogP contribution >= 0.6 is 0 Å². The van der Waals surface area contributed by atoms with Crippen LogP contribution in [0, 0.1) is 5.92 Å². The third kappa shape index (κ3) is 3.99. The Labute approximate surface area is 100 Å². The summed E-state index contributed by atoms with van der Waals surface area (Å²) in [6.07, 6.45) is 8.50. The molecule has 1 rings (SSSR count). The van der Waals surface area contributed by atoms with Crippen molar-refractivity contribution in [2.75, 3.05) is 0 Å². The standard InChI is InChI=1S/C14H26N2/c1-5-7-13(9-8-12(3)6-2)14-10-11-16(4)15-14/h10-13H,5-9H2,1-4H3. The molecule has 92 valence electrons. The minimum absolute atomic E-state index is 0.667. The lowest BCUT2D eigenvalue weighted by Gasteiger charge is -2.16. The largest absolute Gasteiger partial charge is 0.276 e. The lowest BCUT2D eigenvalue weighted by Crippen LogP contribution is -2.04. The van der Waals surface area contributed by atoms with Crippen LogP contribution in [0.4, 0.5) is 0 Å². The predicted octanol–water partition coefficient (Wildman–Crippen LogP) is 4.13. The molecule has 0 fully saturated rings. The van der Waals surface area contributed by atoms with Crippen LogP contribution in [-0.4, -0.2) is 9.78 Å². The molecule has 2 nitrogen and oxygen atoms in total. The molecule has 2 unspecified atom stereocenters. The van der Waals surface area contributed by atoms with Crippen LogP contribution in [0.15, 0.2) is 12.3 Å². The van der Waals surface area contributed by atoms with E-state index in [4.69, 9.17) is 0 Å². The third-order valence-electron chi connectivity index (χ3n) is 3.49. The van der Waals surface area contributed by atoms with Gasteiger partial charge in [0.1, 0.15) is 0 Å². The molecule has 0 saturated carbocycles. The van der Waals surface area contributed by atoms with Gasteiger partial charge in [0.05, 0.1) is 5.69 Å². The number of hydrogen-bond donors (Lipinski definition) is 0. The van der Waals surface area contributed by atoms with E-state index in [0.29, 0.717) is 5.92 Å². The Hall–Kier alpha value is -0.790. The van der Waals surface area contributed by atoms with E-state index in [1.807, 2.05) is 11.7 Å². The summed E-state index contributed by atoms with van der Waals surface area (Å²) in [6, 6.07) is 2.18. The second kappa shape index (κ2) is 6.72. The molecule has 0 aliphatic carbocycles. The molecular formula is C14H26N2. The summed E-state index contributed by atoms with van der Waals surface area (Å²) in [5.74, 6) is 1.52. The average molecular weight is 222 g/mol. The zero-order valence-corrected chi connectivity index (χ0v) is 11.2. The van der Waals surface area contributed by atoms with Gasteiger partial charge in [-0.3, -0.25) is 4.68 Å². The molecule has 1 aromatic heterocycles. The number of aryl methyl sites for hydroxylation is 1. The van der Waals surface area contributed by atoms with Gasteiger partial charge >= 0.3 is 0 Å². The van der Waals surface area contributed by atoms with Crippen LogP contribution in [0.1, 0.15) is 64.5 Å². The molecule has 0 radical (unpaired) electrons. The molecule has 2 heteroatoms. The van der Waals surface area contributed by atoms with Gasteiger partial charge in [-0.1, -0.05) is 40.0 Å². The molecule has 2 atom stereocenters. The smallest absolute Gasteiger partial charge is 0.0655 e. The normalized spacial score (nSPS) is 15.0. The van der Waals surface area contributed by atoms with Gasteiger partial charge in [0, 0.05) is 19.2 Å². The summed E-state index contributed by atoms with van der Waals surface area (Å²) in [4.78, 5) is 0. The van der Waals surface area contributed by atoms with Crippen molar-refractivity contribution in [3.05, 3.63) is 18.0 Å². The molecule has 0 amide bonds. The van der Waals surface area contributed by atoms with E-state index in [1.54, 1.807) is 0 Å². The molecule has 0 aliphatic rings. The summed E-state index contributed by atoms with van der Waals surface area (Å²) in [6.45, 7) is 6.89. The van der Waals surface area contributed by atoms with E-state index in [2.05, 4.69) is 38.1 Å². The fourth-order valence-corrected chi connectivity index (χ4v) is 2.13. The van der Waals surface area contributed by atoms with E-state index < -0.39 is 0 Å². The summed E-state index contributed by atoms with van der Waals surface area (Å²) in [5, 5.41) is 4.55. The molecule has 1 heterocycles. The van der Waals surface area contributed by atoms with E-state index in [1.165, 1.54) is 37.8 Å². The molecule has 16 heavy (non-hydrogen) atoms. The molecule has 0 N–H and O–H groups in total. The fourth-order valence-electron chi connectivity index (χ4n) is 2.13. The highest BCUT2D eigenvalue weighted by Gasteiger charge is 2.14. The minimum atomic E-state index is 0.667. The van der Waals surface area contributed by atoms with E-state index in [0.717, 1.165) is 5.92 Å². The maximum Gasteiger partial charge on any atom is 0.0655 e. The van der Waals surface area contributed by atoms with Gasteiger partial charge in [-0.25, -0.2) is 0 Å². The lowest BCUT2D eigenvalue weighted by molar-refractivity contribution is 0.438. The van der Waals surface area contributed by atoms with Crippen molar-refractivity contribution in [1.29, 1.82) is 0 Å². The molecule has 0 aromatic carbocycles. The SMILES string of the molecule is CCCC(CCC(C)CC)c1ccn(C)n1. The van der Waals surface area contributed by atoms with Gasteiger partial charge in [0.15, 0.2) is 0 Å². The van der Waals surface area contributed by atoms with Gasteiger partial charge in [-0.2, -0.15) is 5.10 Å². The Balaban J connectivity index is 2.53. The first-order valence-corrected chi connectivity index (χ1v) is 6.66. The van der Waals surface area contributed by atoms with E-state index >= 15 is 0 Å². The van der Waals surface area contributed by atoms with Crippen molar-refractivity contribution < 1.29 is 0 Å². The van der Waals surface area contributed by atoms with Crippen molar-refractivity contribution in [2.45, 2.75) is 58.8 Å². The highest BCUT2D eigenvalue weighted by Crippen LogP contribution is 2.27. The van der Waals surface area contributed by atoms with Crippen molar-refractivity contribution in [2.24, 2.45) is 13.0 Å².